The van der Waals surface area contributed by atoms with Crippen LogP contribution in [0.25, 0.3) is 15.9 Å². The molecule has 4 rings (SSSR count). The maximum atomic E-state index is 12.8. The molecule has 0 amide bonds. The molecular weight excluding hydrogens is 320 g/mol. The molecule has 3 aromatic rings. The van der Waals surface area contributed by atoms with E-state index in [9.17, 15) is 9.59 Å². The van der Waals surface area contributed by atoms with Crippen LogP contribution < -0.4 is 11.2 Å². The van der Waals surface area contributed by atoms with Gasteiger partial charge >= 0.3 is 5.69 Å². The molecular formula is C16H13ClN2O2S. The molecule has 4 nitrogen and oxygen atoms in total. The molecule has 0 radical (unpaired) electrons. The second kappa shape index (κ2) is 5.11. The van der Waals surface area contributed by atoms with E-state index in [4.69, 9.17) is 11.6 Å². The molecule has 112 valence electrons. The van der Waals surface area contributed by atoms with Crippen molar-refractivity contribution in [1.82, 2.24) is 9.55 Å². The molecule has 6 heteroatoms. The fraction of sp³-hybridized carbons (Fsp3) is 0.250. The number of hydrogen-bond acceptors (Lipinski definition) is 3. The molecule has 1 aromatic carbocycles. The van der Waals surface area contributed by atoms with Crippen LogP contribution >= 0.6 is 22.9 Å². The molecule has 0 aliphatic heterocycles. The number of nitrogens with zero attached hydrogens (tertiary/aromatic N) is 1. The van der Waals surface area contributed by atoms with E-state index in [-0.39, 0.29) is 5.56 Å². The summed E-state index contributed by atoms with van der Waals surface area (Å²) >= 11 is 7.49. The lowest BCUT2D eigenvalue weighted by Gasteiger charge is -2.10. The summed E-state index contributed by atoms with van der Waals surface area (Å²) in [6.07, 6.45) is 4.18. The highest BCUT2D eigenvalue weighted by Crippen LogP contribution is 2.33. The Kier molecular flexibility index (Phi) is 3.20. The second-order valence-corrected chi connectivity index (χ2v) is 7.01. The van der Waals surface area contributed by atoms with Gasteiger partial charge in [0.05, 0.1) is 11.2 Å². The normalized spacial score (nSPS) is 14.2. The predicted molar refractivity (Wildman–Crippen MR) is 89.7 cm³/mol. The smallest absolute Gasteiger partial charge is 0.305 e. The maximum Gasteiger partial charge on any atom is 0.333 e. The molecule has 22 heavy (non-hydrogen) atoms. The van der Waals surface area contributed by atoms with Crippen molar-refractivity contribution in [2.75, 3.05) is 0 Å². The molecule has 2 aromatic heterocycles. The van der Waals surface area contributed by atoms with Crippen LogP contribution in [-0.4, -0.2) is 9.55 Å². The molecule has 0 unspecified atom stereocenters. The monoisotopic (exact) mass is 332 g/mol. The van der Waals surface area contributed by atoms with Gasteiger partial charge in [0.25, 0.3) is 5.56 Å². The summed E-state index contributed by atoms with van der Waals surface area (Å²) in [6.45, 7) is 0. The van der Waals surface area contributed by atoms with Gasteiger partial charge in [0.15, 0.2) is 0 Å². The average Bonchev–Trinajstić information content (AvgIpc) is 2.87. The number of hydrogen-bond donors (Lipinski definition) is 1. The van der Waals surface area contributed by atoms with Crippen molar-refractivity contribution < 1.29 is 0 Å². The summed E-state index contributed by atoms with van der Waals surface area (Å²) < 4.78 is 1.79. The van der Waals surface area contributed by atoms with Crippen LogP contribution in [-0.2, 0) is 12.8 Å². The van der Waals surface area contributed by atoms with E-state index < -0.39 is 5.69 Å². The lowest BCUT2D eigenvalue weighted by Crippen LogP contribution is -2.33. The van der Waals surface area contributed by atoms with Crippen molar-refractivity contribution in [3.63, 3.8) is 0 Å². The van der Waals surface area contributed by atoms with Gasteiger partial charge < -0.3 is 4.98 Å². The highest BCUT2D eigenvalue weighted by atomic mass is 35.5. The lowest BCUT2D eigenvalue weighted by molar-refractivity contribution is 0.699. The van der Waals surface area contributed by atoms with Gasteiger partial charge in [-0.2, -0.15) is 0 Å². The summed E-state index contributed by atoms with van der Waals surface area (Å²) in [5.74, 6) is 0. The van der Waals surface area contributed by atoms with Crippen molar-refractivity contribution in [3.05, 3.63) is 60.6 Å². The third kappa shape index (κ3) is 2.04. The number of rotatable bonds is 1. The quantitative estimate of drug-likeness (QED) is 0.743. The minimum absolute atomic E-state index is 0.264. The van der Waals surface area contributed by atoms with E-state index in [1.54, 1.807) is 24.3 Å². The van der Waals surface area contributed by atoms with Crippen LogP contribution in [0, 0.1) is 0 Å². The van der Waals surface area contributed by atoms with Crippen molar-refractivity contribution >= 4 is 33.2 Å². The molecule has 1 N–H and O–H groups in total. The Balaban J connectivity index is 2.05. The average molecular weight is 333 g/mol. The Morgan fingerprint density at radius 2 is 2.00 bits per heavy atom. The number of nitrogens with one attached hydrogen (secondary N) is 1. The van der Waals surface area contributed by atoms with Crippen molar-refractivity contribution in [2.24, 2.45) is 0 Å². The first-order valence-corrected chi connectivity index (χ1v) is 8.40. The molecule has 0 saturated carbocycles. The molecule has 0 saturated heterocycles. The van der Waals surface area contributed by atoms with E-state index in [0.29, 0.717) is 15.4 Å². The van der Waals surface area contributed by atoms with Crippen LogP contribution in [0.15, 0.2) is 33.9 Å². The van der Waals surface area contributed by atoms with Crippen molar-refractivity contribution in [2.45, 2.75) is 25.7 Å². The van der Waals surface area contributed by atoms with Crippen LogP contribution in [0.2, 0.25) is 5.02 Å². The summed E-state index contributed by atoms with van der Waals surface area (Å²) in [5.41, 5.74) is 1.70. The molecule has 1 aliphatic carbocycles. The van der Waals surface area contributed by atoms with Gasteiger partial charge in [-0.1, -0.05) is 17.7 Å². The first-order valence-electron chi connectivity index (χ1n) is 7.20. The summed E-state index contributed by atoms with van der Waals surface area (Å²) in [4.78, 5) is 29.3. The molecule has 0 spiro atoms. The van der Waals surface area contributed by atoms with E-state index in [1.165, 1.54) is 16.2 Å². The Morgan fingerprint density at radius 3 is 2.82 bits per heavy atom. The van der Waals surface area contributed by atoms with Gasteiger partial charge in [-0.05, 0) is 49.4 Å². The van der Waals surface area contributed by atoms with E-state index in [0.717, 1.165) is 41.3 Å². The number of fused-ring (bicyclic) bond motifs is 3. The SMILES string of the molecule is O=c1[nH]c2c3c(sc2c(=O)n1-c1cccc(Cl)c1)CCCC3. The first-order chi connectivity index (χ1) is 10.6. The zero-order chi connectivity index (χ0) is 15.3. The van der Waals surface area contributed by atoms with Gasteiger partial charge in [0.1, 0.15) is 4.70 Å². The first kappa shape index (κ1) is 13.8. The van der Waals surface area contributed by atoms with Crippen LogP contribution in [0.4, 0.5) is 0 Å². The molecule has 1 aliphatic rings. The van der Waals surface area contributed by atoms with Crippen LogP contribution in [0.1, 0.15) is 23.3 Å². The number of halogens is 1. The third-order valence-electron chi connectivity index (χ3n) is 4.07. The molecule has 0 fully saturated rings. The van der Waals surface area contributed by atoms with Gasteiger partial charge in [-0.25, -0.2) is 9.36 Å². The zero-order valence-corrected chi connectivity index (χ0v) is 13.3. The highest BCUT2D eigenvalue weighted by molar-refractivity contribution is 7.19. The topological polar surface area (TPSA) is 54.9 Å². The zero-order valence-electron chi connectivity index (χ0n) is 11.7. The van der Waals surface area contributed by atoms with E-state index in [2.05, 4.69) is 4.98 Å². The maximum absolute atomic E-state index is 12.8. The van der Waals surface area contributed by atoms with Gasteiger partial charge in [0, 0.05) is 9.90 Å². The lowest BCUT2D eigenvalue weighted by atomic mass is 9.98. The third-order valence-corrected chi connectivity index (χ3v) is 5.58. The van der Waals surface area contributed by atoms with E-state index >= 15 is 0 Å². The fourth-order valence-corrected chi connectivity index (χ4v) is 4.51. The summed E-state index contributed by atoms with van der Waals surface area (Å²) in [5, 5.41) is 0.495. The number of aryl methyl sites for hydroxylation is 2. The number of thiophene rings is 1. The summed E-state index contributed by atoms with van der Waals surface area (Å²) in [6, 6.07) is 6.78. The minimum atomic E-state index is -0.411. The van der Waals surface area contributed by atoms with Gasteiger partial charge in [0.2, 0.25) is 0 Å². The number of aromatic nitrogens is 2. The molecule has 0 atom stereocenters. The Morgan fingerprint density at radius 1 is 1.18 bits per heavy atom. The van der Waals surface area contributed by atoms with Crippen LogP contribution in [0.5, 0.6) is 0 Å². The second-order valence-electron chi connectivity index (χ2n) is 5.47. The Bertz CT molecular complexity index is 1000. The standard InChI is InChI=1S/C16H13ClN2O2S/c17-9-4-3-5-10(8-9)19-15(20)14-13(18-16(19)21)11-6-1-2-7-12(11)22-14/h3-5,8H,1-2,6-7H2,(H,18,21). The number of aromatic amines is 1. The number of H-pyrrole nitrogens is 1. The van der Waals surface area contributed by atoms with Gasteiger partial charge in [-0.3, -0.25) is 4.79 Å². The van der Waals surface area contributed by atoms with Crippen molar-refractivity contribution in [3.8, 4) is 5.69 Å². The predicted octanol–water partition coefficient (Wildman–Crippen LogP) is 3.27. The van der Waals surface area contributed by atoms with E-state index in [1.807, 2.05) is 0 Å². The fourth-order valence-electron chi connectivity index (χ4n) is 3.06. The minimum Gasteiger partial charge on any atom is -0.305 e. The Hall–Kier alpha value is -1.85. The summed E-state index contributed by atoms with van der Waals surface area (Å²) in [7, 11) is 0. The molecule has 0 bridgehead atoms. The van der Waals surface area contributed by atoms with Crippen molar-refractivity contribution in [1.29, 1.82) is 0 Å². The number of benzene rings is 1. The molecule has 2 heterocycles. The van der Waals surface area contributed by atoms with Crippen LogP contribution in [0.3, 0.4) is 0 Å². The highest BCUT2D eigenvalue weighted by Gasteiger charge is 2.20. The largest absolute Gasteiger partial charge is 0.333 e. The van der Waals surface area contributed by atoms with Gasteiger partial charge in [-0.15, -0.1) is 11.3 Å². The Labute approximate surface area is 135 Å².